The third-order valence-electron chi connectivity index (χ3n) is 5.86. The Morgan fingerprint density at radius 3 is 2.94 bits per heavy atom. The quantitative estimate of drug-likeness (QED) is 0.698. The van der Waals surface area contributed by atoms with Gasteiger partial charge >= 0.3 is 12.0 Å². The fourth-order valence-corrected chi connectivity index (χ4v) is 4.36. The van der Waals surface area contributed by atoms with E-state index in [1.165, 1.54) is 11.0 Å². The fourth-order valence-electron chi connectivity index (χ4n) is 4.36. The number of fused-ring (bicyclic) bond motifs is 4. The van der Waals surface area contributed by atoms with Gasteiger partial charge in [-0.15, -0.1) is 0 Å². The number of ether oxygens (including phenoxy) is 3. The first-order valence-corrected chi connectivity index (χ1v) is 10.8. The van der Waals surface area contributed by atoms with E-state index in [-0.39, 0.29) is 17.8 Å². The van der Waals surface area contributed by atoms with Crippen molar-refractivity contribution in [2.24, 2.45) is 0 Å². The van der Waals surface area contributed by atoms with Gasteiger partial charge in [-0.2, -0.15) is 0 Å². The molecule has 0 spiro atoms. The number of rotatable bonds is 5. The zero-order valence-electron chi connectivity index (χ0n) is 18.4. The zero-order chi connectivity index (χ0) is 23.2. The van der Waals surface area contributed by atoms with Crippen LogP contribution in [-0.2, 0) is 9.47 Å². The van der Waals surface area contributed by atoms with Gasteiger partial charge in [0, 0.05) is 25.4 Å². The summed E-state index contributed by atoms with van der Waals surface area (Å²) >= 11 is 0. The van der Waals surface area contributed by atoms with Crippen molar-refractivity contribution in [2.75, 3.05) is 41.4 Å². The van der Waals surface area contributed by atoms with Gasteiger partial charge in [0.2, 0.25) is 0 Å². The smallest absolute Gasteiger partial charge is 0.354 e. The van der Waals surface area contributed by atoms with Gasteiger partial charge in [0.15, 0.2) is 17.3 Å². The van der Waals surface area contributed by atoms with Gasteiger partial charge in [-0.1, -0.05) is 0 Å². The third-order valence-corrected chi connectivity index (χ3v) is 5.86. The van der Waals surface area contributed by atoms with Gasteiger partial charge in [-0.25, -0.2) is 19.6 Å². The van der Waals surface area contributed by atoms with Crippen LogP contribution in [0.4, 0.5) is 22.1 Å². The summed E-state index contributed by atoms with van der Waals surface area (Å²) in [6, 6.07) is 5.97. The summed E-state index contributed by atoms with van der Waals surface area (Å²) < 4.78 is 17.1. The van der Waals surface area contributed by atoms with Crippen molar-refractivity contribution in [1.82, 2.24) is 9.97 Å². The predicted octanol–water partition coefficient (Wildman–Crippen LogP) is 2.34. The lowest BCUT2D eigenvalue weighted by atomic mass is 10.2. The Kier molecular flexibility index (Phi) is 5.29. The van der Waals surface area contributed by atoms with Crippen LogP contribution in [0.25, 0.3) is 0 Å². The molecule has 2 N–H and O–H groups in total. The SMILES string of the molecule is CC1(C)OC[C@@H](COc2ccnc(NC(=O)N3c4nc(C(=O)O)ccc4N4CCC3C4)c2)O1. The number of carbonyl (C=O) groups excluding carboxylic acids is 1. The molecule has 2 aromatic heterocycles. The van der Waals surface area contributed by atoms with Gasteiger partial charge in [-0.05, 0) is 38.5 Å². The Hall–Kier alpha value is -3.44. The molecule has 2 bridgehead atoms. The molecule has 11 nitrogen and oxygen atoms in total. The van der Waals surface area contributed by atoms with E-state index in [0.717, 1.165) is 18.7 Å². The second-order valence-electron chi connectivity index (χ2n) is 8.67. The third kappa shape index (κ3) is 4.29. The summed E-state index contributed by atoms with van der Waals surface area (Å²) in [5.41, 5.74) is 0.638. The van der Waals surface area contributed by atoms with Crippen LogP contribution in [-0.4, -0.2) is 71.3 Å². The molecular formula is C22H25N5O6. The van der Waals surface area contributed by atoms with E-state index in [2.05, 4.69) is 20.2 Å². The molecule has 2 aromatic rings. The number of urea groups is 1. The van der Waals surface area contributed by atoms with E-state index < -0.39 is 17.8 Å². The number of anilines is 3. The van der Waals surface area contributed by atoms with Crippen molar-refractivity contribution in [3.8, 4) is 5.75 Å². The molecular weight excluding hydrogens is 430 g/mol. The van der Waals surface area contributed by atoms with Crippen LogP contribution in [0.2, 0.25) is 0 Å². The maximum Gasteiger partial charge on any atom is 0.354 e. The summed E-state index contributed by atoms with van der Waals surface area (Å²) in [6.07, 6.45) is 2.13. The number of hydrogen-bond acceptors (Lipinski definition) is 8. The molecule has 2 saturated heterocycles. The van der Waals surface area contributed by atoms with E-state index in [1.807, 2.05) is 13.8 Å². The van der Waals surface area contributed by atoms with Gasteiger partial charge in [0.1, 0.15) is 24.3 Å². The average molecular weight is 455 g/mol. The highest BCUT2D eigenvalue weighted by molar-refractivity contribution is 6.04. The molecule has 33 heavy (non-hydrogen) atoms. The van der Waals surface area contributed by atoms with Crippen LogP contribution in [0.15, 0.2) is 30.5 Å². The second kappa shape index (κ2) is 8.16. The number of pyridine rings is 2. The summed E-state index contributed by atoms with van der Waals surface area (Å²) in [4.78, 5) is 36.8. The summed E-state index contributed by atoms with van der Waals surface area (Å²) in [5, 5.41) is 12.1. The molecule has 5 rings (SSSR count). The van der Waals surface area contributed by atoms with Crippen molar-refractivity contribution in [2.45, 2.75) is 38.2 Å². The molecule has 1 unspecified atom stereocenters. The number of hydrogen-bond donors (Lipinski definition) is 2. The molecule has 0 aromatic carbocycles. The van der Waals surface area contributed by atoms with E-state index in [4.69, 9.17) is 14.2 Å². The molecule has 3 aliphatic heterocycles. The van der Waals surface area contributed by atoms with Gasteiger partial charge in [0.05, 0.1) is 18.3 Å². The van der Waals surface area contributed by atoms with Crippen LogP contribution in [0.5, 0.6) is 5.75 Å². The Morgan fingerprint density at radius 2 is 2.18 bits per heavy atom. The maximum absolute atomic E-state index is 13.2. The Labute approximate surface area is 190 Å². The minimum Gasteiger partial charge on any atom is -0.491 e. The number of carbonyl (C=O) groups is 2. The Morgan fingerprint density at radius 1 is 1.33 bits per heavy atom. The topological polar surface area (TPSA) is 126 Å². The number of aromatic nitrogens is 2. The number of carboxylic acid groups (broad SMARTS) is 1. The number of nitrogens with zero attached hydrogens (tertiary/aromatic N) is 4. The van der Waals surface area contributed by atoms with Crippen LogP contribution in [0.3, 0.4) is 0 Å². The first-order chi connectivity index (χ1) is 15.8. The lowest BCUT2D eigenvalue weighted by Gasteiger charge is -2.35. The van der Waals surface area contributed by atoms with Crippen LogP contribution in [0.1, 0.15) is 30.8 Å². The molecule has 2 amide bonds. The first-order valence-electron chi connectivity index (χ1n) is 10.8. The Bertz CT molecular complexity index is 1090. The highest BCUT2D eigenvalue weighted by Gasteiger charge is 2.40. The van der Waals surface area contributed by atoms with Crippen molar-refractivity contribution in [3.63, 3.8) is 0 Å². The highest BCUT2D eigenvalue weighted by Crippen LogP contribution is 2.39. The van der Waals surface area contributed by atoms with Gasteiger partial charge < -0.3 is 24.2 Å². The molecule has 2 atom stereocenters. The summed E-state index contributed by atoms with van der Waals surface area (Å²) in [6.45, 7) is 5.90. The van der Waals surface area contributed by atoms with E-state index in [1.54, 1.807) is 24.4 Å². The molecule has 174 valence electrons. The van der Waals surface area contributed by atoms with Crippen molar-refractivity contribution < 1.29 is 28.9 Å². The molecule has 0 saturated carbocycles. The summed E-state index contributed by atoms with van der Waals surface area (Å²) in [5.74, 6) is -0.573. The number of carboxylic acids is 1. The van der Waals surface area contributed by atoms with E-state index in [9.17, 15) is 14.7 Å². The van der Waals surface area contributed by atoms with Crippen molar-refractivity contribution in [1.29, 1.82) is 0 Å². The predicted molar refractivity (Wildman–Crippen MR) is 118 cm³/mol. The van der Waals surface area contributed by atoms with E-state index in [0.29, 0.717) is 37.1 Å². The molecule has 5 heterocycles. The van der Waals surface area contributed by atoms with E-state index >= 15 is 0 Å². The fraction of sp³-hybridized carbons (Fsp3) is 0.455. The zero-order valence-corrected chi connectivity index (χ0v) is 18.4. The molecule has 3 aliphatic rings. The minimum absolute atomic E-state index is 0.101. The largest absolute Gasteiger partial charge is 0.491 e. The standard InChI is InChI=1S/C22H25N5O6/c1-22(2)32-12-15(33-22)11-31-14-5-7-23-18(9-14)25-21(30)27-13-6-8-26(10-13)17-4-3-16(20(28)29)24-19(17)27/h3-5,7,9,13,15H,6,8,10-12H2,1-2H3,(H,28,29)(H,23,25,30)/t13?,15-/m1/s1. The van der Waals surface area contributed by atoms with Crippen molar-refractivity contribution >= 4 is 29.3 Å². The lowest BCUT2D eigenvalue weighted by Crippen LogP contribution is -2.48. The van der Waals surface area contributed by atoms with Gasteiger partial charge in [0.25, 0.3) is 0 Å². The molecule has 11 heteroatoms. The maximum atomic E-state index is 13.2. The molecule has 0 aliphatic carbocycles. The lowest BCUT2D eigenvalue weighted by molar-refractivity contribution is -0.141. The number of aromatic carboxylic acids is 1. The minimum atomic E-state index is -1.14. The normalized spacial score (nSPS) is 22.7. The highest BCUT2D eigenvalue weighted by atomic mass is 16.7. The first kappa shape index (κ1) is 21.4. The molecule has 0 radical (unpaired) electrons. The van der Waals surface area contributed by atoms with Crippen molar-refractivity contribution in [3.05, 3.63) is 36.2 Å². The Balaban J connectivity index is 1.31. The van der Waals surface area contributed by atoms with Crippen LogP contribution >= 0.6 is 0 Å². The monoisotopic (exact) mass is 455 g/mol. The van der Waals surface area contributed by atoms with Crippen LogP contribution in [0, 0.1) is 0 Å². The van der Waals surface area contributed by atoms with Crippen LogP contribution < -0.4 is 19.9 Å². The number of amides is 2. The van der Waals surface area contributed by atoms with Gasteiger partial charge in [-0.3, -0.25) is 10.2 Å². The average Bonchev–Trinajstić information content (AvgIpc) is 3.35. The second-order valence-corrected chi connectivity index (χ2v) is 8.67. The molecule has 2 fully saturated rings. The summed E-state index contributed by atoms with van der Waals surface area (Å²) in [7, 11) is 0. The number of nitrogens with one attached hydrogen (secondary N) is 1.